The highest BCUT2D eigenvalue weighted by Gasteiger charge is 2.28. The summed E-state index contributed by atoms with van der Waals surface area (Å²) in [5.74, 6) is 1.25. The van der Waals surface area contributed by atoms with Crippen LogP contribution in [0.15, 0.2) is 0 Å². The molecule has 3 heteroatoms. The Morgan fingerprint density at radius 3 is 2.12 bits per heavy atom. The minimum atomic E-state index is 0.459. The average Bonchev–Trinajstić information content (AvgIpc) is 2.33. The summed E-state index contributed by atoms with van der Waals surface area (Å²) in [6, 6.07) is 0.728. The van der Waals surface area contributed by atoms with Crippen molar-refractivity contribution in [2.75, 3.05) is 30.9 Å². The van der Waals surface area contributed by atoms with E-state index in [4.69, 9.17) is 0 Å². The molecular weight excluding hydrogens is 282 g/mol. The van der Waals surface area contributed by atoms with E-state index in [1.807, 2.05) is 11.8 Å². The highest BCUT2D eigenvalue weighted by molar-refractivity contribution is 9.09. The van der Waals surface area contributed by atoms with Gasteiger partial charge in [0.15, 0.2) is 0 Å². The summed E-state index contributed by atoms with van der Waals surface area (Å²) in [6.07, 6.45) is 5.97. The van der Waals surface area contributed by atoms with E-state index in [0.29, 0.717) is 5.41 Å². The van der Waals surface area contributed by atoms with Gasteiger partial charge >= 0.3 is 0 Å². The third-order valence-electron chi connectivity index (χ3n) is 3.82. The molecule has 0 radical (unpaired) electrons. The molecule has 0 aliphatic heterocycles. The molecule has 0 aliphatic carbocycles. The number of hydrogen-bond donors (Lipinski definition) is 0. The lowest BCUT2D eigenvalue weighted by atomic mass is 9.84. The zero-order valence-electron chi connectivity index (χ0n) is 11.6. The van der Waals surface area contributed by atoms with Crippen LogP contribution >= 0.6 is 27.7 Å². The summed E-state index contributed by atoms with van der Waals surface area (Å²) in [7, 11) is 2.28. The number of halogens is 1. The second-order valence-corrected chi connectivity index (χ2v) is 6.24. The topological polar surface area (TPSA) is 3.24 Å². The normalized spacial score (nSPS) is 14.4. The number of alkyl halides is 1. The lowest BCUT2D eigenvalue weighted by molar-refractivity contribution is 0.150. The fraction of sp³-hybridized carbons (Fsp3) is 1.00. The maximum absolute atomic E-state index is 3.70. The molecule has 16 heavy (non-hydrogen) atoms. The molecule has 0 aliphatic rings. The van der Waals surface area contributed by atoms with Gasteiger partial charge in [0.05, 0.1) is 0 Å². The molecule has 0 heterocycles. The maximum atomic E-state index is 3.70. The van der Waals surface area contributed by atoms with Gasteiger partial charge in [0.25, 0.3) is 0 Å². The molecule has 0 bridgehead atoms. The van der Waals surface area contributed by atoms with Gasteiger partial charge in [-0.25, -0.2) is 0 Å². The van der Waals surface area contributed by atoms with E-state index in [-0.39, 0.29) is 0 Å². The highest BCUT2D eigenvalue weighted by Crippen LogP contribution is 2.30. The molecule has 0 amide bonds. The smallest absolute Gasteiger partial charge is 0.0180 e. The molecule has 0 fully saturated rings. The lowest BCUT2D eigenvalue weighted by Crippen LogP contribution is -2.42. The Kier molecular flexibility index (Phi) is 9.25. The predicted molar refractivity (Wildman–Crippen MR) is 81.9 cm³/mol. The first-order chi connectivity index (χ1) is 7.59. The average molecular weight is 310 g/mol. The van der Waals surface area contributed by atoms with Crippen LogP contribution in [-0.2, 0) is 0 Å². The predicted octanol–water partition coefficient (Wildman–Crippen LogP) is 4.26. The largest absolute Gasteiger partial charge is 0.302 e. The van der Waals surface area contributed by atoms with Gasteiger partial charge in [-0.1, -0.05) is 36.7 Å². The molecule has 0 rings (SSSR count). The molecule has 98 valence electrons. The molecule has 1 unspecified atom stereocenters. The highest BCUT2D eigenvalue weighted by atomic mass is 79.9. The number of thioether (sulfide) groups is 1. The number of nitrogens with zero attached hydrogens (tertiary/aromatic N) is 1. The fourth-order valence-electron chi connectivity index (χ4n) is 2.11. The van der Waals surface area contributed by atoms with Crippen LogP contribution in [-0.4, -0.2) is 41.9 Å². The molecule has 1 nitrogen and oxygen atoms in total. The SMILES string of the molecule is CCC(CSC)N(C)CC(CC)(CC)CBr. The minimum absolute atomic E-state index is 0.459. The molecule has 0 aromatic rings. The second kappa shape index (κ2) is 8.82. The zero-order valence-corrected chi connectivity index (χ0v) is 14.0. The standard InChI is InChI=1S/C13H28BrNS/c1-6-12(9-16-5)15(4)11-13(7-2,8-3)10-14/h12H,6-11H2,1-5H3. The van der Waals surface area contributed by atoms with E-state index < -0.39 is 0 Å². The van der Waals surface area contributed by atoms with Gasteiger partial charge in [-0.2, -0.15) is 11.8 Å². The first-order valence-electron chi connectivity index (χ1n) is 6.34. The third kappa shape index (κ3) is 4.97. The Morgan fingerprint density at radius 2 is 1.81 bits per heavy atom. The van der Waals surface area contributed by atoms with Crippen LogP contribution in [0.1, 0.15) is 40.0 Å². The van der Waals surface area contributed by atoms with Gasteiger partial charge in [0.2, 0.25) is 0 Å². The van der Waals surface area contributed by atoms with Gasteiger partial charge in [-0.15, -0.1) is 0 Å². The van der Waals surface area contributed by atoms with Crippen molar-refractivity contribution < 1.29 is 0 Å². The lowest BCUT2D eigenvalue weighted by Gasteiger charge is -2.37. The van der Waals surface area contributed by atoms with Crippen LogP contribution in [0.5, 0.6) is 0 Å². The summed E-state index contributed by atoms with van der Waals surface area (Å²) in [5, 5.41) is 1.12. The Hall–Kier alpha value is 0.790. The Morgan fingerprint density at radius 1 is 1.25 bits per heavy atom. The van der Waals surface area contributed by atoms with Crippen molar-refractivity contribution in [2.24, 2.45) is 5.41 Å². The van der Waals surface area contributed by atoms with Crippen molar-refractivity contribution in [3.05, 3.63) is 0 Å². The first-order valence-corrected chi connectivity index (χ1v) is 8.85. The van der Waals surface area contributed by atoms with Crippen molar-refractivity contribution in [1.82, 2.24) is 4.90 Å². The molecule has 0 saturated heterocycles. The molecule has 0 spiro atoms. The molecular formula is C13H28BrNS. The van der Waals surface area contributed by atoms with Crippen molar-refractivity contribution >= 4 is 27.7 Å². The maximum Gasteiger partial charge on any atom is 0.0180 e. The summed E-state index contributed by atoms with van der Waals surface area (Å²) < 4.78 is 0. The summed E-state index contributed by atoms with van der Waals surface area (Å²) in [5.41, 5.74) is 0.459. The van der Waals surface area contributed by atoms with E-state index in [2.05, 4.69) is 54.9 Å². The van der Waals surface area contributed by atoms with E-state index in [1.54, 1.807) is 0 Å². The van der Waals surface area contributed by atoms with E-state index in [1.165, 1.54) is 31.6 Å². The molecule has 1 atom stereocenters. The summed E-state index contributed by atoms with van der Waals surface area (Å²) in [4.78, 5) is 2.56. The van der Waals surface area contributed by atoms with Crippen molar-refractivity contribution in [2.45, 2.75) is 46.1 Å². The molecule has 0 saturated carbocycles. The molecule has 0 aromatic heterocycles. The Balaban J connectivity index is 4.42. The van der Waals surface area contributed by atoms with Crippen LogP contribution in [0.25, 0.3) is 0 Å². The van der Waals surface area contributed by atoms with Crippen molar-refractivity contribution in [3.8, 4) is 0 Å². The molecule has 0 N–H and O–H groups in total. The molecule has 0 aromatic carbocycles. The van der Waals surface area contributed by atoms with E-state index in [0.717, 1.165) is 11.4 Å². The van der Waals surface area contributed by atoms with Gasteiger partial charge in [0, 0.05) is 23.7 Å². The Labute approximate surface area is 115 Å². The van der Waals surface area contributed by atoms with Crippen LogP contribution in [0, 0.1) is 5.41 Å². The summed E-state index contributed by atoms with van der Waals surface area (Å²) >= 11 is 5.66. The van der Waals surface area contributed by atoms with Crippen LogP contribution in [0.2, 0.25) is 0 Å². The quantitative estimate of drug-likeness (QED) is 0.585. The van der Waals surface area contributed by atoms with Gasteiger partial charge in [-0.3, -0.25) is 0 Å². The minimum Gasteiger partial charge on any atom is -0.302 e. The zero-order chi connectivity index (χ0) is 12.6. The van der Waals surface area contributed by atoms with Gasteiger partial charge in [0.1, 0.15) is 0 Å². The van der Waals surface area contributed by atoms with Crippen LogP contribution in [0.4, 0.5) is 0 Å². The number of rotatable bonds is 9. The van der Waals surface area contributed by atoms with E-state index in [9.17, 15) is 0 Å². The van der Waals surface area contributed by atoms with Gasteiger partial charge in [-0.05, 0) is 38.0 Å². The van der Waals surface area contributed by atoms with Crippen LogP contribution in [0.3, 0.4) is 0 Å². The third-order valence-corrected chi connectivity index (χ3v) is 5.73. The fourth-order valence-corrected chi connectivity index (χ4v) is 3.96. The van der Waals surface area contributed by atoms with Crippen molar-refractivity contribution in [1.29, 1.82) is 0 Å². The van der Waals surface area contributed by atoms with E-state index >= 15 is 0 Å². The van der Waals surface area contributed by atoms with Crippen molar-refractivity contribution in [3.63, 3.8) is 0 Å². The van der Waals surface area contributed by atoms with Crippen LogP contribution < -0.4 is 0 Å². The Bertz CT molecular complexity index is 163. The first kappa shape index (κ1) is 16.8. The monoisotopic (exact) mass is 309 g/mol. The van der Waals surface area contributed by atoms with Gasteiger partial charge < -0.3 is 4.90 Å². The second-order valence-electron chi connectivity index (χ2n) is 4.77. The summed E-state index contributed by atoms with van der Waals surface area (Å²) in [6.45, 7) is 8.14. The number of hydrogen-bond acceptors (Lipinski definition) is 2.